The number of esters is 1. The predicted octanol–water partition coefficient (Wildman–Crippen LogP) is 3.55. The molecule has 0 bridgehead atoms. The molecule has 0 saturated carbocycles. The van der Waals surface area contributed by atoms with Gasteiger partial charge in [-0.2, -0.15) is 0 Å². The number of hydrogen-bond acceptors (Lipinski definition) is 4. The number of carbonyl (C=O) groups is 2. The maximum Gasteiger partial charge on any atom is 0.339 e. The van der Waals surface area contributed by atoms with Gasteiger partial charge >= 0.3 is 5.97 Å². The first-order chi connectivity index (χ1) is 8.63. The normalized spacial score (nSPS) is 10.2. The molecule has 18 heavy (non-hydrogen) atoms. The van der Waals surface area contributed by atoms with E-state index in [1.54, 1.807) is 25.1 Å². The monoisotopic (exact) mass is 330 g/mol. The fourth-order valence-electron chi connectivity index (χ4n) is 1.47. The molecule has 0 amide bonds. The van der Waals surface area contributed by atoms with Crippen molar-refractivity contribution in [1.29, 1.82) is 0 Å². The Morgan fingerprint density at radius 1 is 1.39 bits per heavy atom. The summed E-state index contributed by atoms with van der Waals surface area (Å²) in [4.78, 5) is 24.2. The highest BCUT2D eigenvalue weighted by Gasteiger charge is 2.14. The summed E-state index contributed by atoms with van der Waals surface area (Å²) in [6.07, 6.45) is 2.32. The third-order valence-electron chi connectivity index (χ3n) is 2.34. The maximum atomic E-state index is 11.8. The molecule has 3 nitrogen and oxygen atoms in total. The van der Waals surface area contributed by atoms with Crippen LogP contribution in [-0.4, -0.2) is 29.9 Å². The Hall–Kier alpha value is -0.810. The summed E-state index contributed by atoms with van der Waals surface area (Å²) in [5, 5.41) is 0.639. The smallest absolute Gasteiger partial charge is 0.339 e. The molecule has 0 saturated heterocycles. The summed E-state index contributed by atoms with van der Waals surface area (Å²) in [7, 11) is 0. The zero-order valence-corrected chi connectivity index (χ0v) is 12.8. The number of thioether (sulfide) groups is 1. The highest BCUT2D eigenvalue weighted by Crippen LogP contribution is 2.23. The van der Waals surface area contributed by atoms with Crippen LogP contribution in [0.1, 0.15) is 34.1 Å². The highest BCUT2D eigenvalue weighted by atomic mass is 79.9. The molecule has 98 valence electrons. The Balaban J connectivity index is 3.03. The van der Waals surface area contributed by atoms with Crippen molar-refractivity contribution in [3.05, 3.63) is 29.3 Å². The Kier molecular flexibility index (Phi) is 6.43. The van der Waals surface area contributed by atoms with Crippen LogP contribution in [0.15, 0.2) is 23.1 Å². The molecule has 0 aromatic heterocycles. The van der Waals surface area contributed by atoms with E-state index >= 15 is 0 Å². The second-order valence-corrected chi connectivity index (χ2v) is 5.14. The van der Waals surface area contributed by atoms with Gasteiger partial charge in [0.1, 0.15) is 0 Å². The van der Waals surface area contributed by atoms with Gasteiger partial charge in [-0.15, -0.1) is 11.8 Å². The van der Waals surface area contributed by atoms with Crippen molar-refractivity contribution in [3.63, 3.8) is 0 Å². The van der Waals surface area contributed by atoms with Gasteiger partial charge in [-0.3, -0.25) is 4.79 Å². The van der Waals surface area contributed by atoms with Crippen molar-refractivity contribution >= 4 is 39.4 Å². The number of benzene rings is 1. The molecule has 0 atom stereocenters. The van der Waals surface area contributed by atoms with Crippen molar-refractivity contribution in [2.45, 2.75) is 18.2 Å². The van der Waals surface area contributed by atoms with Crippen LogP contribution in [0.4, 0.5) is 0 Å². The molecular weight excluding hydrogens is 316 g/mol. The molecule has 0 aliphatic rings. The summed E-state index contributed by atoms with van der Waals surface area (Å²) in [5.41, 5.74) is 1.14. The number of ketones is 1. The van der Waals surface area contributed by atoms with Crippen molar-refractivity contribution in [3.8, 4) is 0 Å². The van der Waals surface area contributed by atoms with Crippen molar-refractivity contribution in [2.24, 2.45) is 0 Å². The number of hydrogen-bond donors (Lipinski definition) is 0. The summed E-state index contributed by atoms with van der Waals surface area (Å²) in [6.45, 7) is 2.11. The van der Waals surface area contributed by atoms with Crippen LogP contribution in [0.3, 0.4) is 0 Å². The van der Waals surface area contributed by atoms with Gasteiger partial charge in [0.25, 0.3) is 0 Å². The first-order valence-corrected chi connectivity index (χ1v) is 7.93. The molecule has 1 rings (SSSR count). The maximum absolute atomic E-state index is 11.8. The van der Waals surface area contributed by atoms with E-state index in [1.165, 1.54) is 11.8 Å². The number of Topliss-reactive ketones (excluding diaryl/α,β-unsaturated/α-hetero) is 1. The lowest BCUT2D eigenvalue weighted by molar-refractivity contribution is 0.0522. The van der Waals surface area contributed by atoms with Gasteiger partial charge in [0, 0.05) is 22.2 Å². The van der Waals surface area contributed by atoms with Gasteiger partial charge in [0.2, 0.25) is 0 Å². The van der Waals surface area contributed by atoms with Gasteiger partial charge in [0.05, 0.1) is 12.2 Å². The van der Waals surface area contributed by atoms with E-state index in [0.29, 0.717) is 29.5 Å². The minimum Gasteiger partial charge on any atom is -0.462 e. The molecule has 0 unspecified atom stereocenters. The minimum absolute atomic E-state index is 0.0672. The van der Waals surface area contributed by atoms with E-state index in [4.69, 9.17) is 4.74 Å². The lowest BCUT2D eigenvalue weighted by Gasteiger charge is -2.08. The van der Waals surface area contributed by atoms with Crippen LogP contribution in [0.5, 0.6) is 0 Å². The average Bonchev–Trinajstić information content (AvgIpc) is 2.38. The molecule has 0 fully saturated rings. The molecule has 0 aliphatic carbocycles. The van der Waals surface area contributed by atoms with E-state index < -0.39 is 0 Å². The Morgan fingerprint density at radius 2 is 2.11 bits per heavy atom. The van der Waals surface area contributed by atoms with Crippen LogP contribution in [-0.2, 0) is 4.74 Å². The number of carbonyl (C=O) groups excluding carboxylic acids is 2. The van der Waals surface area contributed by atoms with Crippen LogP contribution in [0.25, 0.3) is 0 Å². The summed E-state index contributed by atoms with van der Waals surface area (Å²) < 4.78 is 4.97. The van der Waals surface area contributed by atoms with Gasteiger partial charge in [-0.05, 0) is 25.3 Å². The van der Waals surface area contributed by atoms with Crippen LogP contribution in [0.2, 0.25) is 0 Å². The number of halogens is 1. The molecule has 0 aliphatic heterocycles. The van der Waals surface area contributed by atoms with E-state index in [0.717, 1.165) is 4.90 Å². The van der Waals surface area contributed by atoms with Gasteiger partial charge in [-0.1, -0.05) is 22.0 Å². The second kappa shape index (κ2) is 7.59. The van der Waals surface area contributed by atoms with Crippen molar-refractivity contribution in [1.82, 2.24) is 0 Å². The van der Waals surface area contributed by atoms with Crippen LogP contribution < -0.4 is 0 Å². The second-order valence-electron chi connectivity index (χ2n) is 3.50. The highest BCUT2D eigenvalue weighted by molar-refractivity contribution is 9.09. The van der Waals surface area contributed by atoms with Crippen molar-refractivity contribution < 1.29 is 14.3 Å². The first kappa shape index (κ1) is 15.2. The molecule has 1 aromatic rings. The van der Waals surface area contributed by atoms with E-state index in [2.05, 4.69) is 15.9 Å². The molecular formula is C13H15BrO3S. The fraction of sp³-hybridized carbons (Fsp3) is 0.385. The molecule has 0 heterocycles. The minimum atomic E-state index is -0.346. The Bertz CT molecular complexity index is 446. The SMILES string of the molecule is CCOC(=O)c1ccc(C(=O)CCBr)cc1SC. The predicted molar refractivity (Wildman–Crippen MR) is 76.9 cm³/mol. The largest absolute Gasteiger partial charge is 0.462 e. The van der Waals surface area contributed by atoms with Crippen molar-refractivity contribution in [2.75, 3.05) is 18.2 Å². The fourth-order valence-corrected chi connectivity index (χ4v) is 2.45. The quantitative estimate of drug-likeness (QED) is 0.346. The van der Waals surface area contributed by atoms with E-state index in [1.807, 2.05) is 6.26 Å². The van der Waals surface area contributed by atoms with E-state index in [-0.39, 0.29) is 11.8 Å². The zero-order valence-electron chi connectivity index (χ0n) is 10.4. The number of alkyl halides is 1. The van der Waals surface area contributed by atoms with Crippen LogP contribution in [0, 0.1) is 0 Å². The summed E-state index contributed by atoms with van der Waals surface area (Å²) in [6, 6.07) is 5.09. The molecule has 0 spiro atoms. The molecule has 1 aromatic carbocycles. The summed E-state index contributed by atoms with van der Waals surface area (Å²) >= 11 is 4.68. The average molecular weight is 331 g/mol. The van der Waals surface area contributed by atoms with Crippen LogP contribution >= 0.6 is 27.7 Å². The third kappa shape index (κ3) is 3.85. The van der Waals surface area contributed by atoms with E-state index in [9.17, 15) is 9.59 Å². The standard InChI is InChI=1S/C13H15BrO3S/c1-3-17-13(16)10-5-4-9(8-12(10)18-2)11(15)6-7-14/h4-5,8H,3,6-7H2,1-2H3. The number of rotatable bonds is 6. The molecule has 0 radical (unpaired) electrons. The molecule has 0 N–H and O–H groups in total. The van der Waals surface area contributed by atoms with Gasteiger partial charge in [0.15, 0.2) is 5.78 Å². The zero-order chi connectivity index (χ0) is 13.5. The lowest BCUT2D eigenvalue weighted by Crippen LogP contribution is -2.08. The summed E-state index contributed by atoms with van der Waals surface area (Å²) in [5.74, 6) is -0.279. The van der Waals surface area contributed by atoms with Gasteiger partial charge in [-0.25, -0.2) is 4.79 Å². The topological polar surface area (TPSA) is 43.4 Å². The van der Waals surface area contributed by atoms with Gasteiger partial charge < -0.3 is 4.74 Å². The lowest BCUT2D eigenvalue weighted by atomic mass is 10.1. The molecule has 5 heteroatoms. The Morgan fingerprint density at radius 3 is 2.67 bits per heavy atom. The third-order valence-corrected chi connectivity index (χ3v) is 3.51. The number of ether oxygens (including phenoxy) is 1. The Labute approximate surface area is 119 Å². The first-order valence-electron chi connectivity index (χ1n) is 5.58.